The lowest BCUT2D eigenvalue weighted by atomic mass is 9.85. The summed E-state index contributed by atoms with van der Waals surface area (Å²) in [5, 5.41) is 5.77. The first kappa shape index (κ1) is 16.7. The van der Waals surface area contributed by atoms with Crippen molar-refractivity contribution in [1.82, 2.24) is 10.2 Å². The van der Waals surface area contributed by atoms with Crippen molar-refractivity contribution in [1.29, 1.82) is 0 Å². The highest BCUT2D eigenvalue weighted by atomic mass is 32.1. The second-order valence-electron chi connectivity index (χ2n) is 7.44. The van der Waals surface area contributed by atoms with Gasteiger partial charge < -0.3 is 19.7 Å². The first-order valence-corrected chi connectivity index (χ1v) is 9.09. The third-order valence-electron chi connectivity index (χ3n) is 4.47. The quantitative estimate of drug-likeness (QED) is 0.855. The largest absolute Gasteiger partial charge is 0.444 e. The van der Waals surface area contributed by atoms with E-state index >= 15 is 0 Å². The maximum absolute atomic E-state index is 12.4. The second kappa shape index (κ2) is 6.07. The maximum Gasteiger partial charge on any atom is 0.410 e. The molecule has 6 heteroatoms. The molecule has 2 unspecified atom stereocenters. The van der Waals surface area contributed by atoms with E-state index in [1.54, 1.807) is 16.2 Å². The van der Waals surface area contributed by atoms with Crippen LogP contribution in [0.5, 0.6) is 0 Å². The summed E-state index contributed by atoms with van der Waals surface area (Å²) in [5.74, 6) is 0. The summed E-state index contributed by atoms with van der Waals surface area (Å²) in [6.07, 6.45) is 0.731. The second-order valence-corrected chi connectivity index (χ2v) is 8.36. The molecular weight excluding hydrogens is 312 g/mol. The van der Waals surface area contributed by atoms with Crippen molar-refractivity contribution in [2.45, 2.75) is 51.4 Å². The smallest absolute Gasteiger partial charge is 0.410 e. The molecule has 5 nitrogen and oxygen atoms in total. The Morgan fingerprint density at radius 3 is 3.04 bits per heavy atom. The van der Waals surface area contributed by atoms with E-state index in [1.165, 1.54) is 10.4 Å². The molecule has 128 valence electrons. The fourth-order valence-electron chi connectivity index (χ4n) is 3.28. The van der Waals surface area contributed by atoms with Gasteiger partial charge in [0.05, 0.1) is 24.8 Å². The molecule has 2 atom stereocenters. The summed E-state index contributed by atoms with van der Waals surface area (Å²) in [6.45, 7) is 10.5. The SMILES string of the molecule is CC(C)(C)OC(=O)N1CCOC(C2(C)NCCc3ccsc32)C1. The number of ether oxygens (including phenoxy) is 2. The standard InChI is InChI=1S/C17H26N2O3S/c1-16(2,3)22-15(20)19-8-9-21-13(11-19)17(4)14-12(5-7-18-17)6-10-23-14/h6,10,13,18H,5,7-9,11H2,1-4H3. The minimum Gasteiger partial charge on any atom is -0.444 e. The van der Waals surface area contributed by atoms with Crippen molar-refractivity contribution in [2.75, 3.05) is 26.2 Å². The Morgan fingerprint density at radius 1 is 1.52 bits per heavy atom. The average molecular weight is 338 g/mol. The summed E-state index contributed by atoms with van der Waals surface area (Å²) in [5.41, 5.74) is 0.676. The monoisotopic (exact) mass is 338 g/mol. The van der Waals surface area contributed by atoms with Crippen LogP contribution in [-0.4, -0.2) is 48.9 Å². The minimum atomic E-state index is -0.473. The number of amides is 1. The van der Waals surface area contributed by atoms with Crippen molar-refractivity contribution >= 4 is 17.4 Å². The van der Waals surface area contributed by atoms with Crippen LogP contribution in [0.1, 0.15) is 38.1 Å². The fourth-order valence-corrected chi connectivity index (χ4v) is 4.41. The number of hydrogen-bond acceptors (Lipinski definition) is 5. The van der Waals surface area contributed by atoms with Gasteiger partial charge >= 0.3 is 6.09 Å². The van der Waals surface area contributed by atoms with E-state index in [-0.39, 0.29) is 17.7 Å². The number of thiophene rings is 1. The molecule has 2 aliphatic rings. The maximum atomic E-state index is 12.4. The molecule has 1 fully saturated rings. The summed E-state index contributed by atoms with van der Waals surface area (Å²) in [7, 11) is 0. The Bertz CT molecular complexity index is 581. The van der Waals surface area contributed by atoms with E-state index < -0.39 is 5.60 Å². The number of nitrogens with zero attached hydrogens (tertiary/aromatic N) is 1. The molecule has 3 heterocycles. The third-order valence-corrected chi connectivity index (χ3v) is 5.66. The van der Waals surface area contributed by atoms with E-state index in [1.807, 2.05) is 20.8 Å². The van der Waals surface area contributed by atoms with Gasteiger partial charge in [0.2, 0.25) is 0 Å². The molecule has 23 heavy (non-hydrogen) atoms. The lowest BCUT2D eigenvalue weighted by Gasteiger charge is -2.45. The molecule has 0 bridgehead atoms. The molecule has 1 saturated heterocycles. The van der Waals surface area contributed by atoms with Crippen LogP contribution in [0.2, 0.25) is 0 Å². The van der Waals surface area contributed by atoms with Gasteiger partial charge in [-0.1, -0.05) is 0 Å². The molecule has 3 rings (SSSR count). The third kappa shape index (κ3) is 3.39. The molecule has 0 spiro atoms. The van der Waals surface area contributed by atoms with E-state index in [4.69, 9.17) is 9.47 Å². The zero-order valence-electron chi connectivity index (χ0n) is 14.3. The Labute approximate surface area is 142 Å². The van der Waals surface area contributed by atoms with Gasteiger partial charge in [0.15, 0.2) is 0 Å². The normalized spacial score (nSPS) is 28.3. The zero-order chi connectivity index (χ0) is 16.7. The number of morpholine rings is 1. The Morgan fingerprint density at radius 2 is 2.30 bits per heavy atom. The number of carbonyl (C=O) groups is 1. The van der Waals surface area contributed by atoms with Crippen molar-refractivity contribution in [2.24, 2.45) is 0 Å². The average Bonchev–Trinajstić information content (AvgIpc) is 2.96. The summed E-state index contributed by atoms with van der Waals surface area (Å²) < 4.78 is 11.6. The summed E-state index contributed by atoms with van der Waals surface area (Å²) in [4.78, 5) is 15.5. The van der Waals surface area contributed by atoms with Gasteiger partial charge in [-0.25, -0.2) is 4.79 Å². The van der Waals surface area contributed by atoms with Gasteiger partial charge in [-0.3, -0.25) is 0 Å². The van der Waals surface area contributed by atoms with E-state index in [2.05, 4.69) is 23.7 Å². The van der Waals surface area contributed by atoms with Gasteiger partial charge in [-0.15, -0.1) is 11.3 Å². The molecule has 1 N–H and O–H groups in total. The fraction of sp³-hybridized carbons (Fsp3) is 0.706. The molecule has 0 radical (unpaired) electrons. The summed E-state index contributed by atoms with van der Waals surface area (Å²) in [6, 6.07) is 2.20. The van der Waals surface area contributed by atoms with Crippen LogP contribution in [0.15, 0.2) is 11.4 Å². The molecular formula is C17H26N2O3S. The predicted octanol–water partition coefficient (Wildman–Crippen LogP) is 2.74. The Balaban J connectivity index is 1.76. The first-order valence-electron chi connectivity index (χ1n) is 8.21. The Hall–Kier alpha value is -1.11. The van der Waals surface area contributed by atoms with Crippen LogP contribution in [0.4, 0.5) is 4.79 Å². The Kier molecular flexibility index (Phi) is 4.42. The predicted molar refractivity (Wildman–Crippen MR) is 90.9 cm³/mol. The molecule has 1 aromatic rings. The van der Waals surface area contributed by atoms with E-state index in [0.29, 0.717) is 19.7 Å². The van der Waals surface area contributed by atoms with Crippen molar-refractivity contribution < 1.29 is 14.3 Å². The molecule has 1 amide bonds. The molecule has 0 aliphatic carbocycles. The van der Waals surface area contributed by atoms with E-state index in [0.717, 1.165) is 13.0 Å². The minimum absolute atomic E-state index is 0.0681. The van der Waals surface area contributed by atoms with E-state index in [9.17, 15) is 4.79 Å². The number of nitrogens with one attached hydrogen (secondary N) is 1. The highest BCUT2D eigenvalue weighted by Gasteiger charge is 2.44. The van der Waals surface area contributed by atoms with Gasteiger partial charge in [-0.05, 0) is 51.1 Å². The molecule has 1 aromatic heterocycles. The van der Waals surface area contributed by atoms with Gasteiger partial charge in [0, 0.05) is 18.0 Å². The van der Waals surface area contributed by atoms with Crippen LogP contribution >= 0.6 is 11.3 Å². The van der Waals surface area contributed by atoms with Crippen LogP contribution < -0.4 is 5.32 Å². The lowest BCUT2D eigenvalue weighted by molar-refractivity contribution is -0.0776. The van der Waals surface area contributed by atoms with Crippen molar-refractivity contribution in [3.63, 3.8) is 0 Å². The molecule has 2 aliphatic heterocycles. The van der Waals surface area contributed by atoms with Crippen molar-refractivity contribution in [3.05, 3.63) is 21.9 Å². The zero-order valence-corrected chi connectivity index (χ0v) is 15.2. The highest BCUT2D eigenvalue weighted by Crippen LogP contribution is 2.37. The van der Waals surface area contributed by atoms with Gasteiger partial charge in [-0.2, -0.15) is 0 Å². The number of hydrogen-bond donors (Lipinski definition) is 1. The number of rotatable bonds is 1. The van der Waals surface area contributed by atoms with Crippen LogP contribution in [0.3, 0.4) is 0 Å². The van der Waals surface area contributed by atoms with Gasteiger partial charge in [0.1, 0.15) is 5.60 Å². The van der Waals surface area contributed by atoms with Gasteiger partial charge in [0.25, 0.3) is 0 Å². The number of carbonyl (C=O) groups excluding carboxylic acids is 1. The highest BCUT2D eigenvalue weighted by molar-refractivity contribution is 7.10. The number of fused-ring (bicyclic) bond motifs is 1. The van der Waals surface area contributed by atoms with Crippen LogP contribution in [-0.2, 0) is 21.4 Å². The van der Waals surface area contributed by atoms with Crippen LogP contribution in [0, 0.1) is 0 Å². The topological polar surface area (TPSA) is 50.8 Å². The van der Waals surface area contributed by atoms with Crippen LogP contribution in [0.25, 0.3) is 0 Å². The summed E-state index contributed by atoms with van der Waals surface area (Å²) >= 11 is 1.77. The molecule has 0 aromatic carbocycles. The van der Waals surface area contributed by atoms with Crippen molar-refractivity contribution in [3.8, 4) is 0 Å². The first-order chi connectivity index (χ1) is 10.8. The lowest BCUT2D eigenvalue weighted by Crippen LogP contribution is -2.60. The molecule has 0 saturated carbocycles.